The minimum atomic E-state index is -0.318. The molecule has 0 atom stereocenters. The zero-order valence-corrected chi connectivity index (χ0v) is 10.9. The highest BCUT2D eigenvalue weighted by molar-refractivity contribution is 7.13. The van der Waals surface area contributed by atoms with Crippen LogP contribution in [0, 0.1) is 0 Å². The smallest absolute Gasteiger partial charge is 0.275 e. The minimum Gasteiger partial charge on any atom is -0.506 e. The Morgan fingerprint density at radius 3 is 2.89 bits per heavy atom. The second-order valence-electron chi connectivity index (χ2n) is 4.43. The summed E-state index contributed by atoms with van der Waals surface area (Å²) in [5.41, 5.74) is 0.744. The van der Waals surface area contributed by atoms with Gasteiger partial charge in [-0.1, -0.05) is 12.1 Å². The van der Waals surface area contributed by atoms with E-state index in [1.807, 2.05) is 0 Å². The van der Waals surface area contributed by atoms with E-state index in [2.05, 4.69) is 15.6 Å². The van der Waals surface area contributed by atoms with Crippen molar-refractivity contribution < 1.29 is 9.90 Å². The van der Waals surface area contributed by atoms with Gasteiger partial charge >= 0.3 is 0 Å². The summed E-state index contributed by atoms with van der Waals surface area (Å²) in [5, 5.41) is 18.0. The van der Waals surface area contributed by atoms with Crippen molar-refractivity contribution in [3.05, 3.63) is 35.3 Å². The molecule has 1 amide bonds. The second kappa shape index (κ2) is 4.89. The van der Waals surface area contributed by atoms with Gasteiger partial charge in [-0.25, -0.2) is 4.98 Å². The predicted molar refractivity (Wildman–Crippen MR) is 74.8 cm³/mol. The fourth-order valence-corrected chi connectivity index (χ4v) is 2.38. The summed E-state index contributed by atoms with van der Waals surface area (Å²) in [5.74, 6) is -0.274. The Morgan fingerprint density at radius 2 is 2.16 bits per heavy atom. The topological polar surface area (TPSA) is 74.2 Å². The lowest BCUT2D eigenvalue weighted by Crippen LogP contribution is -2.12. The van der Waals surface area contributed by atoms with Crippen LogP contribution in [0.15, 0.2) is 29.6 Å². The lowest BCUT2D eigenvalue weighted by Gasteiger charge is -2.04. The number of rotatable bonds is 4. The number of nitrogens with zero attached hydrogens (tertiary/aromatic N) is 1. The highest BCUT2D eigenvalue weighted by atomic mass is 32.1. The number of benzene rings is 1. The van der Waals surface area contributed by atoms with Crippen LogP contribution in [0.3, 0.4) is 0 Å². The molecule has 1 fully saturated rings. The summed E-state index contributed by atoms with van der Waals surface area (Å²) in [7, 11) is 0. The summed E-state index contributed by atoms with van der Waals surface area (Å²) in [6, 6.07) is 7.13. The summed E-state index contributed by atoms with van der Waals surface area (Å²) in [6.07, 6.45) is 2.33. The third kappa shape index (κ3) is 2.85. The van der Waals surface area contributed by atoms with Crippen molar-refractivity contribution in [2.45, 2.75) is 18.9 Å². The molecule has 98 valence electrons. The van der Waals surface area contributed by atoms with Crippen LogP contribution >= 0.6 is 11.3 Å². The van der Waals surface area contributed by atoms with Crippen molar-refractivity contribution in [1.29, 1.82) is 0 Å². The molecule has 0 radical (unpaired) electrons. The lowest BCUT2D eigenvalue weighted by atomic mass is 10.3. The Kier molecular flexibility index (Phi) is 3.08. The van der Waals surface area contributed by atoms with Crippen molar-refractivity contribution in [3.8, 4) is 5.75 Å². The van der Waals surface area contributed by atoms with Crippen molar-refractivity contribution in [3.63, 3.8) is 0 Å². The van der Waals surface area contributed by atoms with E-state index in [-0.39, 0.29) is 11.7 Å². The Hall–Kier alpha value is -2.08. The van der Waals surface area contributed by atoms with Gasteiger partial charge in [0.15, 0.2) is 5.13 Å². The van der Waals surface area contributed by atoms with Gasteiger partial charge in [0, 0.05) is 11.4 Å². The molecule has 0 saturated heterocycles. The Morgan fingerprint density at radius 1 is 1.37 bits per heavy atom. The number of phenolic OH excluding ortho intramolecular Hbond substituents is 1. The van der Waals surface area contributed by atoms with E-state index < -0.39 is 0 Å². The molecule has 19 heavy (non-hydrogen) atoms. The van der Waals surface area contributed by atoms with Crippen LogP contribution in [0.25, 0.3) is 0 Å². The van der Waals surface area contributed by atoms with E-state index in [9.17, 15) is 9.90 Å². The third-order valence-corrected chi connectivity index (χ3v) is 3.57. The van der Waals surface area contributed by atoms with Crippen LogP contribution in [-0.2, 0) is 0 Å². The van der Waals surface area contributed by atoms with Crippen LogP contribution in [0.2, 0.25) is 0 Å². The van der Waals surface area contributed by atoms with Gasteiger partial charge in [0.25, 0.3) is 5.91 Å². The first kappa shape index (κ1) is 12.0. The van der Waals surface area contributed by atoms with E-state index in [1.165, 1.54) is 30.2 Å². The normalized spacial score (nSPS) is 14.1. The van der Waals surface area contributed by atoms with Crippen LogP contribution < -0.4 is 10.6 Å². The van der Waals surface area contributed by atoms with Crippen LogP contribution in [0.1, 0.15) is 23.3 Å². The lowest BCUT2D eigenvalue weighted by molar-refractivity contribution is 0.102. The molecule has 6 heteroatoms. The number of anilines is 2. The van der Waals surface area contributed by atoms with E-state index in [4.69, 9.17) is 0 Å². The average molecular weight is 275 g/mol. The molecule has 0 aliphatic heterocycles. The molecule has 1 aromatic heterocycles. The fourth-order valence-electron chi connectivity index (χ4n) is 1.61. The molecule has 0 unspecified atom stereocenters. The molecule has 5 nitrogen and oxygen atoms in total. The van der Waals surface area contributed by atoms with Gasteiger partial charge in [0.2, 0.25) is 0 Å². The van der Waals surface area contributed by atoms with E-state index in [0.29, 0.717) is 17.4 Å². The zero-order valence-electron chi connectivity index (χ0n) is 10.1. The van der Waals surface area contributed by atoms with E-state index in [1.54, 1.807) is 23.6 Å². The van der Waals surface area contributed by atoms with Gasteiger partial charge < -0.3 is 15.7 Å². The SMILES string of the molecule is O=C(Nc1ccccc1O)c1csc(NC2CC2)n1. The third-order valence-electron chi connectivity index (χ3n) is 2.79. The summed E-state index contributed by atoms with van der Waals surface area (Å²) in [6.45, 7) is 0. The maximum Gasteiger partial charge on any atom is 0.275 e. The summed E-state index contributed by atoms with van der Waals surface area (Å²) in [4.78, 5) is 16.2. The number of aromatic nitrogens is 1. The largest absolute Gasteiger partial charge is 0.506 e. The number of aromatic hydroxyl groups is 1. The molecule has 3 N–H and O–H groups in total. The molecule has 0 spiro atoms. The molecule has 1 aliphatic rings. The average Bonchev–Trinajstić information content (AvgIpc) is 3.08. The van der Waals surface area contributed by atoms with Crippen molar-refractivity contribution in [2.75, 3.05) is 10.6 Å². The number of phenols is 1. The Bertz CT molecular complexity index is 607. The number of hydrogen-bond acceptors (Lipinski definition) is 5. The molecule has 0 bridgehead atoms. The van der Waals surface area contributed by atoms with Crippen molar-refractivity contribution in [1.82, 2.24) is 4.98 Å². The molecule has 1 heterocycles. The first-order chi connectivity index (χ1) is 9.22. The molecular formula is C13H13N3O2S. The number of nitrogens with one attached hydrogen (secondary N) is 2. The van der Waals surface area contributed by atoms with Crippen LogP contribution in [0.5, 0.6) is 5.75 Å². The molecular weight excluding hydrogens is 262 g/mol. The van der Waals surface area contributed by atoms with Crippen molar-refractivity contribution in [2.24, 2.45) is 0 Å². The van der Waals surface area contributed by atoms with Crippen LogP contribution in [-0.4, -0.2) is 22.0 Å². The molecule has 1 aliphatic carbocycles. The molecule has 3 rings (SSSR count). The van der Waals surface area contributed by atoms with E-state index in [0.717, 1.165) is 5.13 Å². The number of amides is 1. The number of thiazole rings is 1. The highest BCUT2D eigenvalue weighted by Gasteiger charge is 2.22. The van der Waals surface area contributed by atoms with Gasteiger partial charge in [-0.2, -0.15) is 0 Å². The number of hydrogen-bond donors (Lipinski definition) is 3. The maximum atomic E-state index is 12.0. The van der Waals surface area contributed by atoms with Crippen LogP contribution in [0.4, 0.5) is 10.8 Å². The zero-order chi connectivity index (χ0) is 13.2. The summed E-state index contributed by atoms with van der Waals surface area (Å²) < 4.78 is 0. The van der Waals surface area contributed by atoms with Crippen molar-refractivity contribution >= 4 is 28.1 Å². The predicted octanol–water partition coefficient (Wildman–Crippen LogP) is 2.68. The monoisotopic (exact) mass is 275 g/mol. The Labute approximate surface area is 114 Å². The minimum absolute atomic E-state index is 0.0439. The number of carbonyl (C=O) groups excluding carboxylic acids is 1. The van der Waals surface area contributed by atoms with Gasteiger partial charge in [-0.3, -0.25) is 4.79 Å². The second-order valence-corrected chi connectivity index (χ2v) is 5.29. The Balaban J connectivity index is 1.69. The summed E-state index contributed by atoms with van der Waals surface area (Å²) >= 11 is 1.42. The quantitative estimate of drug-likeness (QED) is 0.750. The number of para-hydroxylation sites is 2. The number of carbonyl (C=O) groups is 1. The molecule has 1 saturated carbocycles. The van der Waals surface area contributed by atoms with Gasteiger partial charge in [0.05, 0.1) is 5.69 Å². The van der Waals surface area contributed by atoms with E-state index >= 15 is 0 Å². The van der Waals surface area contributed by atoms with Gasteiger partial charge in [-0.15, -0.1) is 11.3 Å². The highest BCUT2D eigenvalue weighted by Crippen LogP contribution is 2.27. The van der Waals surface area contributed by atoms with Gasteiger partial charge in [-0.05, 0) is 25.0 Å². The standard InChI is InChI=1S/C13H13N3O2S/c17-11-4-2-1-3-9(11)15-12(18)10-7-19-13(16-10)14-8-5-6-8/h1-4,7-8,17H,5-6H2,(H,14,16)(H,15,18). The van der Waals surface area contributed by atoms with Gasteiger partial charge in [0.1, 0.15) is 11.4 Å². The first-order valence-corrected chi connectivity index (χ1v) is 6.92. The first-order valence-electron chi connectivity index (χ1n) is 6.04. The maximum absolute atomic E-state index is 12.0. The molecule has 2 aromatic rings. The molecule has 1 aromatic carbocycles. The fraction of sp³-hybridized carbons (Fsp3) is 0.231.